The van der Waals surface area contributed by atoms with Gasteiger partial charge in [0.2, 0.25) is 0 Å². The molecule has 1 unspecified atom stereocenters. The van der Waals surface area contributed by atoms with Crippen LogP contribution in [0.25, 0.3) is 0 Å². The van der Waals surface area contributed by atoms with Crippen molar-refractivity contribution < 1.29 is 9.84 Å². The minimum absolute atomic E-state index is 0.0637. The Labute approximate surface area is 109 Å². The third kappa shape index (κ3) is 3.19. The lowest BCUT2D eigenvalue weighted by Gasteiger charge is -2.34. The van der Waals surface area contributed by atoms with Crippen molar-refractivity contribution in [2.45, 2.75) is 12.6 Å². The smallest absolute Gasteiger partial charge is 0.0980 e. The normalized spacial score (nSPS) is 20.6. The average molecular weight is 301 g/mol. The topological polar surface area (TPSA) is 58.7 Å². The molecule has 1 saturated heterocycles. The highest BCUT2D eigenvalue weighted by Gasteiger charge is 2.20. The Morgan fingerprint density at radius 2 is 2.29 bits per heavy atom. The quantitative estimate of drug-likeness (QED) is 0.878. The van der Waals surface area contributed by atoms with Crippen molar-refractivity contribution in [1.29, 1.82) is 0 Å². The van der Waals surface area contributed by atoms with Gasteiger partial charge in [-0.1, -0.05) is 15.9 Å². The number of morpholine rings is 1. The van der Waals surface area contributed by atoms with Crippen LogP contribution in [-0.4, -0.2) is 37.5 Å². The Balaban J connectivity index is 2.18. The minimum Gasteiger partial charge on any atom is -0.394 e. The molecule has 1 aliphatic heterocycles. The first-order valence-electron chi connectivity index (χ1n) is 5.70. The SMILES string of the molecule is NCc1cc(Br)cc(N2CCOC(CO)C2)c1. The van der Waals surface area contributed by atoms with Crippen LogP contribution in [0.15, 0.2) is 22.7 Å². The predicted molar refractivity (Wildman–Crippen MR) is 71.1 cm³/mol. The summed E-state index contributed by atoms with van der Waals surface area (Å²) < 4.78 is 6.47. The summed E-state index contributed by atoms with van der Waals surface area (Å²) in [6.07, 6.45) is -0.0935. The standard InChI is InChI=1S/C12H17BrN2O2/c13-10-3-9(6-14)4-11(5-10)15-1-2-17-12(7-15)8-16/h3-5,12,16H,1-2,6-8,14H2. The van der Waals surface area contributed by atoms with Gasteiger partial charge in [0, 0.05) is 29.8 Å². The van der Waals surface area contributed by atoms with Crippen LogP contribution >= 0.6 is 15.9 Å². The van der Waals surface area contributed by atoms with Crippen LogP contribution in [0.2, 0.25) is 0 Å². The van der Waals surface area contributed by atoms with Gasteiger partial charge in [0.15, 0.2) is 0 Å². The van der Waals surface area contributed by atoms with E-state index < -0.39 is 0 Å². The van der Waals surface area contributed by atoms with Gasteiger partial charge in [-0.3, -0.25) is 0 Å². The van der Waals surface area contributed by atoms with Gasteiger partial charge >= 0.3 is 0 Å². The van der Waals surface area contributed by atoms with E-state index >= 15 is 0 Å². The summed E-state index contributed by atoms with van der Waals surface area (Å²) in [6, 6.07) is 6.18. The fourth-order valence-electron chi connectivity index (χ4n) is 2.00. The third-order valence-corrected chi connectivity index (χ3v) is 3.34. The molecule has 1 aromatic rings. The molecule has 0 bridgehead atoms. The van der Waals surface area contributed by atoms with Crippen LogP contribution in [0.5, 0.6) is 0 Å². The Kier molecular flexibility index (Phi) is 4.39. The van der Waals surface area contributed by atoms with Crippen LogP contribution in [0, 0.1) is 0 Å². The summed E-state index contributed by atoms with van der Waals surface area (Å²) >= 11 is 3.49. The van der Waals surface area contributed by atoms with Crippen molar-refractivity contribution in [3.05, 3.63) is 28.2 Å². The van der Waals surface area contributed by atoms with Gasteiger partial charge in [0.05, 0.1) is 19.3 Å². The van der Waals surface area contributed by atoms with E-state index in [-0.39, 0.29) is 12.7 Å². The molecule has 1 atom stereocenters. The van der Waals surface area contributed by atoms with E-state index in [0.29, 0.717) is 13.2 Å². The van der Waals surface area contributed by atoms with Gasteiger partial charge in [0.25, 0.3) is 0 Å². The summed E-state index contributed by atoms with van der Waals surface area (Å²) in [5.74, 6) is 0. The lowest BCUT2D eigenvalue weighted by molar-refractivity contribution is 0.00356. The molecule has 1 fully saturated rings. The van der Waals surface area contributed by atoms with Gasteiger partial charge in [-0.2, -0.15) is 0 Å². The highest BCUT2D eigenvalue weighted by atomic mass is 79.9. The number of anilines is 1. The predicted octanol–water partition coefficient (Wildman–Crippen LogP) is 1.11. The van der Waals surface area contributed by atoms with E-state index in [2.05, 4.69) is 33.0 Å². The lowest BCUT2D eigenvalue weighted by atomic mass is 10.1. The first-order valence-corrected chi connectivity index (χ1v) is 6.49. The second-order valence-corrected chi connectivity index (χ2v) is 5.06. The van der Waals surface area contributed by atoms with E-state index in [0.717, 1.165) is 28.8 Å². The molecule has 17 heavy (non-hydrogen) atoms. The number of aliphatic hydroxyl groups excluding tert-OH is 1. The van der Waals surface area contributed by atoms with E-state index in [4.69, 9.17) is 15.6 Å². The first-order chi connectivity index (χ1) is 8.22. The van der Waals surface area contributed by atoms with Gasteiger partial charge in [0.1, 0.15) is 0 Å². The van der Waals surface area contributed by atoms with Gasteiger partial charge in [-0.15, -0.1) is 0 Å². The summed E-state index contributed by atoms with van der Waals surface area (Å²) in [7, 11) is 0. The molecule has 3 N–H and O–H groups in total. The van der Waals surface area contributed by atoms with Gasteiger partial charge in [-0.05, 0) is 23.8 Å². The molecule has 0 amide bonds. The average Bonchev–Trinajstić information content (AvgIpc) is 2.38. The summed E-state index contributed by atoms with van der Waals surface area (Å²) in [5, 5.41) is 9.13. The molecule has 1 aromatic carbocycles. The van der Waals surface area contributed by atoms with Crippen LogP contribution in [0.4, 0.5) is 5.69 Å². The van der Waals surface area contributed by atoms with Crippen LogP contribution in [0.3, 0.4) is 0 Å². The number of hydrogen-bond acceptors (Lipinski definition) is 4. The Bertz CT molecular complexity index is 387. The molecule has 5 heteroatoms. The zero-order valence-corrected chi connectivity index (χ0v) is 11.2. The number of nitrogens with zero attached hydrogens (tertiary/aromatic N) is 1. The molecule has 0 aromatic heterocycles. The van der Waals surface area contributed by atoms with Crippen molar-refractivity contribution in [1.82, 2.24) is 0 Å². The summed E-state index contributed by atoms with van der Waals surface area (Å²) in [6.45, 7) is 2.80. The molecule has 0 saturated carbocycles. The van der Waals surface area contributed by atoms with Crippen molar-refractivity contribution in [2.75, 3.05) is 31.2 Å². The van der Waals surface area contributed by atoms with E-state index in [9.17, 15) is 0 Å². The molecular weight excluding hydrogens is 284 g/mol. The largest absolute Gasteiger partial charge is 0.394 e. The molecule has 1 aliphatic rings. The number of rotatable bonds is 3. The van der Waals surface area contributed by atoms with Crippen LogP contribution < -0.4 is 10.6 Å². The second-order valence-electron chi connectivity index (χ2n) is 4.14. The Morgan fingerprint density at radius 1 is 1.47 bits per heavy atom. The third-order valence-electron chi connectivity index (χ3n) is 2.89. The number of halogens is 1. The van der Waals surface area contributed by atoms with Crippen LogP contribution in [-0.2, 0) is 11.3 Å². The molecule has 0 aliphatic carbocycles. The van der Waals surface area contributed by atoms with Gasteiger partial charge < -0.3 is 20.5 Å². The molecule has 0 spiro atoms. The van der Waals surface area contributed by atoms with Crippen LogP contribution in [0.1, 0.15) is 5.56 Å². The maximum Gasteiger partial charge on any atom is 0.0980 e. The highest BCUT2D eigenvalue weighted by molar-refractivity contribution is 9.10. The number of nitrogens with two attached hydrogens (primary N) is 1. The fraction of sp³-hybridized carbons (Fsp3) is 0.500. The van der Waals surface area contributed by atoms with Gasteiger partial charge in [-0.25, -0.2) is 0 Å². The number of ether oxygens (including phenoxy) is 1. The molecule has 0 radical (unpaired) electrons. The zero-order chi connectivity index (χ0) is 12.3. The van der Waals surface area contributed by atoms with E-state index in [1.807, 2.05) is 6.07 Å². The number of benzene rings is 1. The Hall–Kier alpha value is -0.620. The molecule has 94 valence electrons. The van der Waals surface area contributed by atoms with Crippen molar-refractivity contribution in [3.8, 4) is 0 Å². The van der Waals surface area contributed by atoms with E-state index in [1.54, 1.807) is 0 Å². The number of hydrogen-bond donors (Lipinski definition) is 2. The molecule has 1 heterocycles. The first kappa shape index (κ1) is 12.8. The summed E-state index contributed by atoms with van der Waals surface area (Å²) in [5.41, 5.74) is 7.89. The molecule has 2 rings (SSSR count). The minimum atomic E-state index is -0.0935. The maximum atomic E-state index is 9.13. The van der Waals surface area contributed by atoms with Crippen molar-refractivity contribution in [3.63, 3.8) is 0 Å². The second kappa shape index (κ2) is 5.82. The van der Waals surface area contributed by atoms with E-state index in [1.165, 1.54) is 0 Å². The number of aliphatic hydroxyl groups is 1. The molecule has 4 nitrogen and oxygen atoms in total. The summed E-state index contributed by atoms with van der Waals surface area (Å²) in [4.78, 5) is 2.22. The van der Waals surface area contributed by atoms with Crippen molar-refractivity contribution >= 4 is 21.6 Å². The van der Waals surface area contributed by atoms with Crippen molar-refractivity contribution in [2.24, 2.45) is 5.73 Å². The zero-order valence-electron chi connectivity index (χ0n) is 9.60. The fourth-order valence-corrected chi connectivity index (χ4v) is 2.53. The molecular formula is C12H17BrN2O2. The lowest BCUT2D eigenvalue weighted by Crippen LogP contribution is -2.44. The maximum absolute atomic E-state index is 9.13. The highest BCUT2D eigenvalue weighted by Crippen LogP contribution is 2.24. The Morgan fingerprint density at radius 3 is 3.00 bits per heavy atom. The monoisotopic (exact) mass is 300 g/mol.